The highest BCUT2D eigenvalue weighted by Crippen LogP contribution is 2.40. The number of carboxylic acid groups (broad SMARTS) is 1. The molecule has 0 aliphatic carbocycles. The Bertz CT molecular complexity index is 432. The molecule has 120 valence electrons. The molecule has 0 radical (unpaired) electrons. The maximum atomic E-state index is 12.9. The van der Waals surface area contributed by atoms with Crippen molar-refractivity contribution in [1.29, 1.82) is 0 Å². The van der Waals surface area contributed by atoms with Gasteiger partial charge in [-0.15, -0.1) is 0 Å². The molecule has 5 nitrogen and oxygen atoms in total. The summed E-state index contributed by atoms with van der Waals surface area (Å²) in [6.45, 7) is 1.37. The van der Waals surface area contributed by atoms with Crippen molar-refractivity contribution in [3.05, 3.63) is 0 Å². The fourth-order valence-corrected chi connectivity index (χ4v) is 3.04. The van der Waals surface area contributed by atoms with Gasteiger partial charge in [0.2, 0.25) is 5.91 Å². The van der Waals surface area contributed by atoms with E-state index < -0.39 is 48.4 Å². The van der Waals surface area contributed by atoms with Gasteiger partial charge in [0.05, 0.1) is 23.9 Å². The number of halogens is 3. The smallest absolute Gasteiger partial charge is 0.394 e. The quantitative estimate of drug-likeness (QED) is 0.840. The van der Waals surface area contributed by atoms with E-state index in [0.29, 0.717) is 19.4 Å². The molecule has 0 aromatic heterocycles. The van der Waals surface area contributed by atoms with Gasteiger partial charge in [-0.1, -0.05) is 0 Å². The van der Waals surface area contributed by atoms with Gasteiger partial charge in [0.1, 0.15) is 0 Å². The molecule has 2 saturated heterocycles. The summed E-state index contributed by atoms with van der Waals surface area (Å²) in [6, 6.07) is 0. The molecule has 0 aromatic carbocycles. The summed E-state index contributed by atoms with van der Waals surface area (Å²) in [4.78, 5) is 24.5. The number of carbonyl (C=O) groups is 2. The third-order valence-electron chi connectivity index (χ3n) is 4.30. The second-order valence-corrected chi connectivity index (χ2v) is 6.02. The summed E-state index contributed by atoms with van der Waals surface area (Å²) in [5.74, 6) is -5.56. The summed E-state index contributed by atoms with van der Waals surface area (Å²) in [5, 5.41) is 8.96. The Labute approximate surface area is 120 Å². The molecular weight excluding hydrogens is 291 g/mol. The zero-order chi connectivity index (χ0) is 15.8. The van der Waals surface area contributed by atoms with Crippen molar-refractivity contribution in [2.24, 2.45) is 17.3 Å². The fraction of sp³-hybridized carbons (Fsp3) is 0.846. The number of amides is 1. The highest BCUT2D eigenvalue weighted by Gasteiger charge is 2.55. The van der Waals surface area contributed by atoms with E-state index in [-0.39, 0.29) is 6.61 Å². The average Bonchev–Trinajstić information content (AvgIpc) is 2.83. The monoisotopic (exact) mass is 309 g/mol. The van der Waals surface area contributed by atoms with Crippen molar-refractivity contribution in [3.63, 3.8) is 0 Å². The van der Waals surface area contributed by atoms with Crippen molar-refractivity contribution in [2.75, 3.05) is 26.3 Å². The number of ether oxygens (including phenoxy) is 1. The van der Waals surface area contributed by atoms with Gasteiger partial charge in [-0.05, 0) is 19.8 Å². The van der Waals surface area contributed by atoms with Crippen LogP contribution in [-0.2, 0) is 14.3 Å². The standard InChI is InChI=1S/C13H18F3NO4/c1-12(3-2-4-21-7-12)11(20)17-5-8(10(18)19)9(6-17)13(14,15)16/h8-9H,2-7H2,1H3,(H,18,19)/t8-,9-,12?/m1/s1. The van der Waals surface area contributed by atoms with Crippen molar-refractivity contribution in [1.82, 2.24) is 4.90 Å². The average molecular weight is 309 g/mol. The topological polar surface area (TPSA) is 66.8 Å². The molecule has 1 amide bonds. The van der Waals surface area contributed by atoms with E-state index in [1.807, 2.05) is 0 Å². The van der Waals surface area contributed by atoms with E-state index in [4.69, 9.17) is 9.84 Å². The predicted octanol–water partition coefficient (Wildman–Crippen LogP) is 1.52. The van der Waals surface area contributed by atoms with Crippen LogP contribution in [0.25, 0.3) is 0 Å². The van der Waals surface area contributed by atoms with E-state index >= 15 is 0 Å². The normalized spacial score (nSPS) is 34.0. The Morgan fingerprint density at radius 2 is 2.00 bits per heavy atom. The summed E-state index contributed by atoms with van der Waals surface area (Å²) >= 11 is 0. The molecule has 0 bridgehead atoms. The van der Waals surface area contributed by atoms with E-state index in [2.05, 4.69) is 0 Å². The second kappa shape index (κ2) is 5.47. The zero-order valence-corrected chi connectivity index (χ0v) is 11.7. The number of nitrogens with zero attached hydrogens (tertiary/aromatic N) is 1. The van der Waals surface area contributed by atoms with Gasteiger partial charge in [0.15, 0.2) is 0 Å². The molecule has 0 aromatic rings. The minimum Gasteiger partial charge on any atom is -0.481 e. The maximum absolute atomic E-state index is 12.9. The molecule has 2 rings (SSSR count). The van der Waals surface area contributed by atoms with Crippen LogP contribution >= 0.6 is 0 Å². The fourth-order valence-electron chi connectivity index (χ4n) is 3.04. The van der Waals surface area contributed by atoms with Crippen LogP contribution in [0.15, 0.2) is 0 Å². The van der Waals surface area contributed by atoms with Gasteiger partial charge in [-0.3, -0.25) is 9.59 Å². The second-order valence-electron chi connectivity index (χ2n) is 6.02. The zero-order valence-electron chi connectivity index (χ0n) is 11.7. The van der Waals surface area contributed by atoms with Crippen LogP contribution in [0.2, 0.25) is 0 Å². The molecule has 8 heteroatoms. The third-order valence-corrected chi connectivity index (χ3v) is 4.30. The molecule has 2 heterocycles. The number of likely N-dealkylation sites (tertiary alicyclic amines) is 1. The molecule has 2 aliphatic rings. The number of aliphatic carboxylic acids is 1. The number of rotatable bonds is 2. The molecule has 0 saturated carbocycles. The van der Waals surface area contributed by atoms with E-state index in [0.717, 1.165) is 4.90 Å². The van der Waals surface area contributed by atoms with Crippen LogP contribution in [0.3, 0.4) is 0 Å². The number of carbonyl (C=O) groups excluding carboxylic acids is 1. The Kier molecular flexibility index (Phi) is 4.19. The van der Waals surface area contributed by atoms with E-state index in [1.165, 1.54) is 0 Å². The summed E-state index contributed by atoms with van der Waals surface area (Å²) < 4.78 is 44.0. The molecule has 2 aliphatic heterocycles. The highest BCUT2D eigenvalue weighted by atomic mass is 19.4. The van der Waals surface area contributed by atoms with Crippen LogP contribution in [0.1, 0.15) is 19.8 Å². The minimum atomic E-state index is -4.62. The van der Waals surface area contributed by atoms with Gasteiger partial charge in [-0.2, -0.15) is 13.2 Å². The van der Waals surface area contributed by atoms with Gasteiger partial charge >= 0.3 is 12.1 Å². The Morgan fingerprint density at radius 3 is 2.43 bits per heavy atom. The Hall–Kier alpha value is -1.31. The van der Waals surface area contributed by atoms with Crippen molar-refractivity contribution in [2.45, 2.75) is 25.9 Å². The molecule has 1 N–H and O–H groups in total. The van der Waals surface area contributed by atoms with Gasteiger partial charge < -0.3 is 14.7 Å². The molecule has 2 fully saturated rings. The molecular formula is C13H18F3NO4. The molecule has 1 unspecified atom stereocenters. The van der Waals surface area contributed by atoms with Crippen LogP contribution in [0.5, 0.6) is 0 Å². The van der Waals surface area contributed by atoms with Gasteiger partial charge in [0, 0.05) is 19.7 Å². The van der Waals surface area contributed by atoms with Crippen LogP contribution in [0.4, 0.5) is 13.2 Å². The first-order chi connectivity index (χ1) is 9.65. The predicted molar refractivity (Wildman–Crippen MR) is 65.4 cm³/mol. The van der Waals surface area contributed by atoms with E-state index in [9.17, 15) is 22.8 Å². The summed E-state index contributed by atoms with van der Waals surface area (Å²) in [7, 11) is 0. The highest BCUT2D eigenvalue weighted by molar-refractivity contribution is 5.84. The largest absolute Gasteiger partial charge is 0.481 e. The first kappa shape index (κ1) is 16.1. The lowest BCUT2D eigenvalue weighted by atomic mass is 9.83. The van der Waals surface area contributed by atoms with Crippen molar-refractivity contribution in [3.8, 4) is 0 Å². The van der Waals surface area contributed by atoms with E-state index in [1.54, 1.807) is 6.92 Å². The first-order valence-electron chi connectivity index (χ1n) is 6.82. The van der Waals surface area contributed by atoms with Crippen LogP contribution in [0, 0.1) is 17.3 Å². The van der Waals surface area contributed by atoms with Gasteiger partial charge in [0.25, 0.3) is 0 Å². The summed E-state index contributed by atoms with van der Waals surface area (Å²) in [5.41, 5.74) is -0.859. The first-order valence-corrected chi connectivity index (χ1v) is 6.82. The Balaban J connectivity index is 2.15. The minimum absolute atomic E-state index is 0.163. The molecule has 21 heavy (non-hydrogen) atoms. The maximum Gasteiger partial charge on any atom is 0.394 e. The lowest BCUT2D eigenvalue weighted by Crippen LogP contribution is -2.46. The number of hydrogen-bond donors (Lipinski definition) is 1. The van der Waals surface area contributed by atoms with Crippen LogP contribution in [-0.4, -0.2) is 54.4 Å². The lowest BCUT2D eigenvalue weighted by Gasteiger charge is -2.35. The Morgan fingerprint density at radius 1 is 1.33 bits per heavy atom. The van der Waals surface area contributed by atoms with Crippen molar-refractivity contribution < 1.29 is 32.6 Å². The number of carboxylic acids is 1. The van der Waals surface area contributed by atoms with Crippen molar-refractivity contribution >= 4 is 11.9 Å². The molecule has 3 atom stereocenters. The molecule has 0 spiro atoms. The van der Waals surface area contributed by atoms with Crippen LogP contribution < -0.4 is 0 Å². The SMILES string of the molecule is CC1(C(=O)N2C[C@@H](C(F)(F)F)[C@H](C(=O)O)C2)CCCOC1. The van der Waals surface area contributed by atoms with Gasteiger partial charge in [-0.25, -0.2) is 0 Å². The summed E-state index contributed by atoms with van der Waals surface area (Å²) in [6.07, 6.45) is -3.42. The lowest BCUT2D eigenvalue weighted by molar-refractivity contribution is -0.188. The number of hydrogen-bond acceptors (Lipinski definition) is 3. The third kappa shape index (κ3) is 3.14. The number of alkyl halides is 3.